The van der Waals surface area contributed by atoms with Crippen molar-refractivity contribution in [1.82, 2.24) is 9.79 Å². The summed E-state index contributed by atoms with van der Waals surface area (Å²) in [5.74, 6) is 0. The molecule has 13 heteroatoms. The number of hydrogen-bond acceptors (Lipinski definition) is 8. The lowest BCUT2D eigenvalue weighted by molar-refractivity contribution is -0.384. The summed E-state index contributed by atoms with van der Waals surface area (Å²) in [6.45, 7) is 0.0344. The zero-order valence-corrected chi connectivity index (χ0v) is 25.7. The van der Waals surface area contributed by atoms with Crippen LogP contribution in [0, 0.1) is 10.1 Å². The molecule has 45 heavy (non-hydrogen) atoms. The van der Waals surface area contributed by atoms with Gasteiger partial charge in [-0.05, 0) is 40.8 Å². The van der Waals surface area contributed by atoms with Gasteiger partial charge < -0.3 is 9.64 Å². The minimum Gasteiger partial charge on any atom is -0.445 e. The van der Waals surface area contributed by atoms with Crippen LogP contribution in [0.15, 0.2) is 115 Å². The van der Waals surface area contributed by atoms with Gasteiger partial charge in [-0.25, -0.2) is 9.93 Å². The van der Waals surface area contributed by atoms with Gasteiger partial charge in [0.2, 0.25) is 0 Å². The summed E-state index contributed by atoms with van der Waals surface area (Å²) in [6.07, 6.45) is -0.150. The van der Waals surface area contributed by atoms with E-state index >= 15 is 0 Å². The number of ether oxygens (including phenoxy) is 1. The molecule has 0 radical (unpaired) electrons. The maximum atomic E-state index is 13.5. The molecule has 4 aromatic carbocycles. The van der Waals surface area contributed by atoms with E-state index < -0.39 is 32.0 Å². The maximum absolute atomic E-state index is 13.5. The van der Waals surface area contributed by atoms with Crippen molar-refractivity contribution in [3.05, 3.63) is 148 Å². The Balaban J connectivity index is 1.44. The van der Waals surface area contributed by atoms with Crippen molar-refractivity contribution in [3.8, 4) is 0 Å². The topological polar surface area (TPSA) is 154 Å². The molecule has 0 aromatic heterocycles. The molecule has 1 aliphatic heterocycles. The average molecular weight is 649 g/mol. The number of thioether (sulfide) groups is 1. The zero-order chi connectivity index (χ0) is 31.9. The molecule has 1 saturated heterocycles. The van der Waals surface area contributed by atoms with Crippen LogP contribution in [0.2, 0.25) is 0 Å². The number of nitrogens with zero attached hydrogens (tertiary/aromatic N) is 2. The number of nitro groups is 1. The number of amides is 1. The van der Waals surface area contributed by atoms with E-state index in [1.807, 2.05) is 59.5 Å². The molecule has 0 spiro atoms. The predicted molar refractivity (Wildman–Crippen MR) is 171 cm³/mol. The number of nitro benzene ring substituents is 1. The number of hydrogen-bond donors (Lipinski definition) is 2. The summed E-state index contributed by atoms with van der Waals surface area (Å²) in [7, 11) is -4.12. The molecule has 0 saturated carbocycles. The summed E-state index contributed by atoms with van der Waals surface area (Å²) in [5.41, 5.74) is 3.71. The van der Waals surface area contributed by atoms with Crippen LogP contribution in [-0.2, 0) is 31.1 Å². The molecule has 0 bridgehead atoms. The number of carbonyl (C=O) groups is 1. The van der Waals surface area contributed by atoms with Crippen LogP contribution in [0.25, 0.3) is 0 Å². The molecule has 0 aliphatic carbocycles. The minimum absolute atomic E-state index is 0.0669. The van der Waals surface area contributed by atoms with Gasteiger partial charge in [0.1, 0.15) is 6.61 Å². The first-order chi connectivity index (χ1) is 21.7. The van der Waals surface area contributed by atoms with Crippen LogP contribution in [0.3, 0.4) is 0 Å². The Morgan fingerprint density at radius 1 is 0.911 bits per heavy atom. The molecule has 234 valence electrons. The molecular weight excluding hydrogens is 617 g/mol. The molecular formula is C32H32N4O7S2. The molecule has 0 unspecified atom stereocenters. The Morgan fingerprint density at radius 2 is 1.42 bits per heavy atom. The van der Waals surface area contributed by atoms with Crippen LogP contribution in [0.4, 0.5) is 10.5 Å². The second-order valence-electron chi connectivity index (χ2n) is 10.5. The quantitative estimate of drug-likeness (QED) is 0.122. The van der Waals surface area contributed by atoms with Crippen LogP contribution in [0.5, 0.6) is 0 Å². The van der Waals surface area contributed by atoms with Gasteiger partial charge in [0.25, 0.3) is 15.9 Å². The SMILES string of the molecule is NS(=O)(=O)NOC[C@@H]1C[C@H](SC(c2ccccc2)(c2ccccc2)c2ccccc2)CN1C(=O)OCc1ccc([N+](=O)[O-])cc1. The first kappa shape index (κ1) is 32.1. The molecule has 3 N–H and O–H groups in total. The molecule has 1 heterocycles. The highest BCUT2D eigenvalue weighted by Crippen LogP contribution is 2.52. The standard InChI is InChI=1S/C32H32N4O7S2/c33-45(40,41)34-43-23-29-20-30(21-35(29)31(37)42-22-24-16-18-28(19-17-24)36(38)39)44-32(25-10-4-1-5-11-25,26-12-6-2-7-13-26)27-14-8-3-9-15-27/h1-19,29-30,34H,20-23H2,(H2,33,40,41)/t29-,30-/m0/s1. The summed E-state index contributed by atoms with van der Waals surface area (Å²) in [4.78, 5) is 32.5. The average Bonchev–Trinajstić information content (AvgIpc) is 3.45. The molecule has 5 rings (SSSR count). The number of likely N-dealkylation sites (tertiary alicyclic amines) is 1. The predicted octanol–water partition coefficient (Wildman–Crippen LogP) is 5.12. The Hall–Kier alpha value is -4.27. The van der Waals surface area contributed by atoms with E-state index in [0.29, 0.717) is 18.5 Å². The Morgan fingerprint density at radius 3 is 1.89 bits per heavy atom. The second kappa shape index (κ2) is 14.2. The normalized spacial score (nSPS) is 16.8. The van der Waals surface area contributed by atoms with Gasteiger partial charge >= 0.3 is 6.09 Å². The number of nitrogens with two attached hydrogens (primary N) is 1. The van der Waals surface area contributed by atoms with Gasteiger partial charge in [-0.1, -0.05) is 95.9 Å². The monoisotopic (exact) mass is 648 g/mol. The van der Waals surface area contributed by atoms with Crippen molar-refractivity contribution in [1.29, 1.82) is 0 Å². The molecule has 11 nitrogen and oxygen atoms in total. The number of rotatable bonds is 12. The Kier molecular flexibility index (Phi) is 10.2. The largest absolute Gasteiger partial charge is 0.445 e. The van der Waals surface area contributed by atoms with E-state index in [4.69, 9.17) is 14.7 Å². The van der Waals surface area contributed by atoms with Crippen molar-refractivity contribution in [2.75, 3.05) is 13.2 Å². The highest BCUT2D eigenvalue weighted by Gasteiger charge is 2.44. The van der Waals surface area contributed by atoms with E-state index in [1.165, 1.54) is 29.2 Å². The number of non-ortho nitro benzene ring substituents is 1. The number of carbonyl (C=O) groups excluding carboxylic acids is 1. The lowest BCUT2D eigenvalue weighted by Gasteiger charge is -2.37. The minimum atomic E-state index is -4.12. The third-order valence-electron chi connectivity index (χ3n) is 7.46. The van der Waals surface area contributed by atoms with E-state index in [2.05, 4.69) is 36.4 Å². The smallest absolute Gasteiger partial charge is 0.410 e. The van der Waals surface area contributed by atoms with Crippen molar-refractivity contribution >= 4 is 33.8 Å². The molecule has 4 aromatic rings. The highest BCUT2D eigenvalue weighted by atomic mass is 32.2. The Labute approximate surface area is 265 Å². The van der Waals surface area contributed by atoms with E-state index in [9.17, 15) is 23.3 Å². The third-order valence-corrected chi connectivity index (χ3v) is 9.54. The third kappa shape index (κ3) is 7.88. The van der Waals surface area contributed by atoms with Gasteiger partial charge in [-0.15, -0.1) is 11.8 Å². The molecule has 1 aliphatic rings. The fraction of sp³-hybridized carbons (Fsp3) is 0.219. The lowest BCUT2D eigenvalue weighted by Crippen LogP contribution is -2.41. The van der Waals surface area contributed by atoms with Gasteiger partial charge in [0, 0.05) is 23.9 Å². The molecule has 1 fully saturated rings. The van der Waals surface area contributed by atoms with Gasteiger partial charge in [0.15, 0.2) is 0 Å². The fourth-order valence-electron chi connectivity index (χ4n) is 5.47. The van der Waals surface area contributed by atoms with Gasteiger partial charge in [0.05, 0.1) is 22.3 Å². The van der Waals surface area contributed by atoms with Crippen molar-refractivity contribution in [2.45, 2.75) is 29.1 Å². The van der Waals surface area contributed by atoms with Crippen LogP contribution >= 0.6 is 11.8 Å². The maximum Gasteiger partial charge on any atom is 0.410 e. The summed E-state index contributed by atoms with van der Waals surface area (Å²) in [5, 5.41) is 15.9. The summed E-state index contributed by atoms with van der Waals surface area (Å²) in [6, 6.07) is 35.7. The second-order valence-corrected chi connectivity index (χ2v) is 13.2. The molecule has 2 atom stereocenters. The highest BCUT2D eigenvalue weighted by molar-refractivity contribution is 8.01. The first-order valence-corrected chi connectivity index (χ1v) is 16.5. The van der Waals surface area contributed by atoms with Crippen LogP contribution < -0.4 is 10.0 Å². The lowest BCUT2D eigenvalue weighted by atomic mass is 9.84. The first-order valence-electron chi connectivity index (χ1n) is 14.1. The molecule has 1 amide bonds. The van der Waals surface area contributed by atoms with Gasteiger partial charge in [-0.2, -0.15) is 8.42 Å². The van der Waals surface area contributed by atoms with Crippen molar-refractivity contribution in [2.24, 2.45) is 5.14 Å². The van der Waals surface area contributed by atoms with Crippen LogP contribution in [-0.4, -0.2) is 48.8 Å². The van der Waals surface area contributed by atoms with Crippen molar-refractivity contribution < 1.29 is 27.7 Å². The van der Waals surface area contributed by atoms with E-state index in [-0.39, 0.29) is 24.2 Å². The zero-order valence-electron chi connectivity index (χ0n) is 24.1. The van der Waals surface area contributed by atoms with E-state index in [0.717, 1.165) is 16.7 Å². The number of nitrogens with one attached hydrogen (secondary N) is 1. The fourth-order valence-corrected chi connectivity index (χ4v) is 7.57. The van der Waals surface area contributed by atoms with Crippen molar-refractivity contribution in [3.63, 3.8) is 0 Å². The number of benzene rings is 4. The van der Waals surface area contributed by atoms with Gasteiger partial charge in [-0.3, -0.25) is 15.0 Å². The van der Waals surface area contributed by atoms with Crippen LogP contribution in [0.1, 0.15) is 28.7 Å². The summed E-state index contributed by atoms with van der Waals surface area (Å²) >= 11 is 1.71. The van der Waals surface area contributed by atoms with E-state index in [1.54, 1.807) is 11.8 Å². The summed E-state index contributed by atoms with van der Waals surface area (Å²) < 4.78 is 27.9. The Bertz CT molecular complexity index is 1600.